The maximum Gasteiger partial charge on any atom is 0.338 e. The zero-order valence-electron chi connectivity index (χ0n) is 20.5. The van der Waals surface area contributed by atoms with E-state index in [4.69, 9.17) is 32.4 Å². The van der Waals surface area contributed by atoms with Gasteiger partial charge >= 0.3 is 5.97 Å². The fraction of sp³-hybridized carbons (Fsp3) is 0.148. The van der Waals surface area contributed by atoms with E-state index in [1.54, 1.807) is 32.1 Å². The number of halogens is 2. The molecular formula is C27H19Cl2N3O6S. The van der Waals surface area contributed by atoms with Crippen LogP contribution in [-0.4, -0.2) is 22.1 Å². The fourth-order valence-electron chi connectivity index (χ4n) is 4.31. The first kappa shape index (κ1) is 26.6. The third-order valence-electron chi connectivity index (χ3n) is 6.03. The maximum absolute atomic E-state index is 13.7. The molecule has 0 aliphatic carbocycles. The lowest BCUT2D eigenvalue weighted by Gasteiger charge is -2.24. The average Bonchev–Trinajstić information content (AvgIpc) is 3.49. The van der Waals surface area contributed by atoms with Crippen LogP contribution in [0.25, 0.3) is 17.4 Å². The molecule has 0 saturated heterocycles. The second-order valence-corrected chi connectivity index (χ2v) is 10.3. The molecule has 4 aromatic rings. The predicted octanol–water partition coefficient (Wildman–Crippen LogP) is 5.27. The van der Waals surface area contributed by atoms with E-state index >= 15 is 0 Å². The van der Waals surface area contributed by atoms with E-state index in [0.29, 0.717) is 37.7 Å². The average molecular weight is 584 g/mol. The number of ether oxygens (including phenoxy) is 1. The molecule has 5 rings (SSSR count). The molecule has 1 unspecified atom stereocenters. The van der Waals surface area contributed by atoms with Gasteiger partial charge in [-0.25, -0.2) is 9.79 Å². The first-order chi connectivity index (χ1) is 18.7. The topological polar surface area (TPSA) is 117 Å². The number of rotatable bonds is 6. The summed E-state index contributed by atoms with van der Waals surface area (Å²) in [4.78, 5) is 42.1. The molecule has 0 bridgehead atoms. The summed E-state index contributed by atoms with van der Waals surface area (Å²) in [6.07, 6.45) is 1.57. The van der Waals surface area contributed by atoms with Crippen molar-refractivity contribution < 1.29 is 18.9 Å². The molecule has 1 aliphatic heterocycles. The number of hydrogen-bond acceptors (Lipinski definition) is 8. The molecule has 0 amide bonds. The molecule has 2 aromatic carbocycles. The third-order valence-corrected chi connectivity index (χ3v) is 7.63. The van der Waals surface area contributed by atoms with Crippen LogP contribution in [0.2, 0.25) is 10.0 Å². The van der Waals surface area contributed by atoms with Crippen LogP contribution in [0.15, 0.2) is 80.1 Å². The second-order valence-electron chi connectivity index (χ2n) is 8.46. The Morgan fingerprint density at radius 1 is 1.21 bits per heavy atom. The van der Waals surface area contributed by atoms with Crippen molar-refractivity contribution >= 4 is 52.3 Å². The van der Waals surface area contributed by atoms with Gasteiger partial charge in [0.15, 0.2) is 4.80 Å². The van der Waals surface area contributed by atoms with Crippen LogP contribution in [0, 0.1) is 10.1 Å². The standard InChI is InChI=1S/C27H19Cl2N3O6S/c1-3-37-26(34)23-14(2)30-27-31(24(23)15-7-5-4-6-8-15)25(33)22(39-27)11-16-9-10-21(38-16)17-12-19(29)20(32(35)36)13-18(17)28/h4-13,24H,3H2,1-2H3/b22-11+. The van der Waals surface area contributed by atoms with Gasteiger partial charge in [0.25, 0.3) is 11.2 Å². The fourth-order valence-corrected chi connectivity index (χ4v) is 5.82. The third kappa shape index (κ3) is 4.94. The van der Waals surface area contributed by atoms with E-state index in [0.717, 1.165) is 23.0 Å². The van der Waals surface area contributed by atoms with Crippen LogP contribution in [0.3, 0.4) is 0 Å². The molecular weight excluding hydrogens is 565 g/mol. The number of benzene rings is 2. The summed E-state index contributed by atoms with van der Waals surface area (Å²) in [5.41, 5.74) is 1.21. The molecule has 12 heteroatoms. The van der Waals surface area contributed by atoms with E-state index in [1.807, 2.05) is 30.3 Å². The van der Waals surface area contributed by atoms with Gasteiger partial charge < -0.3 is 9.15 Å². The molecule has 0 saturated carbocycles. The van der Waals surface area contributed by atoms with Gasteiger partial charge in [-0.1, -0.05) is 64.9 Å². The number of allylic oxidation sites excluding steroid dienone is 1. The Balaban J connectivity index is 1.61. The van der Waals surface area contributed by atoms with Crippen LogP contribution in [-0.2, 0) is 9.53 Å². The van der Waals surface area contributed by atoms with Gasteiger partial charge in [-0.2, -0.15) is 0 Å². The Morgan fingerprint density at radius 3 is 2.64 bits per heavy atom. The number of fused-ring (bicyclic) bond motifs is 1. The van der Waals surface area contributed by atoms with Crippen molar-refractivity contribution in [1.29, 1.82) is 0 Å². The van der Waals surface area contributed by atoms with Gasteiger partial charge in [0.2, 0.25) is 0 Å². The lowest BCUT2D eigenvalue weighted by Crippen LogP contribution is -2.39. The second kappa shape index (κ2) is 10.6. The Hall–Kier alpha value is -3.99. The normalized spacial score (nSPS) is 15.2. The molecule has 39 heavy (non-hydrogen) atoms. The van der Waals surface area contributed by atoms with Crippen molar-refractivity contribution in [3.8, 4) is 11.3 Å². The Kier molecular flexibility index (Phi) is 7.26. The largest absolute Gasteiger partial charge is 0.463 e. The summed E-state index contributed by atoms with van der Waals surface area (Å²) in [6.45, 7) is 3.62. The maximum atomic E-state index is 13.7. The molecule has 2 aromatic heterocycles. The van der Waals surface area contributed by atoms with Crippen LogP contribution >= 0.6 is 34.5 Å². The summed E-state index contributed by atoms with van der Waals surface area (Å²) >= 11 is 13.5. The highest BCUT2D eigenvalue weighted by Gasteiger charge is 2.33. The van der Waals surface area contributed by atoms with Crippen LogP contribution in [0.4, 0.5) is 5.69 Å². The molecule has 1 aliphatic rings. The zero-order chi connectivity index (χ0) is 27.8. The van der Waals surface area contributed by atoms with E-state index in [9.17, 15) is 19.7 Å². The Bertz CT molecular complexity index is 1840. The zero-order valence-corrected chi connectivity index (χ0v) is 22.8. The van der Waals surface area contributed by atoms with Crippen molar-refractivity contribution in [3.63, 3.8) is 0 Å². The van der Waals surface area contributed by atoms with E-state index < -0.39 is 16.9 Å². The van der Waals surface area contributed by atoms with Crippen LogP contribution < -0.4 is 14.9 Å². The van der Waals surface area contributed by atoms with Crippen LogP contribution in [0.5, 0.6) is 0 Å². The number of hydrogen-bond donors (Lipinski definition) is 0. The minimum atomic E-state index is -0.711. The lowest BCUT2D eigenvalue weighted by molar-refractivity contribution is -0.384. The number of carbonyl (C=O) groups excluding carboxylic acids is 1. The highest BCUT2D eigenvalue weighted by atomic mass is 35.5. The van der Waals surface area contributed by atoms with Gasteiger partial charge in [-0.05, 0) is 37.6 Å². The number of nitrogens with zero attached hydrogens (tertiary/aromatic N) is 3. The molecule has 3 heterocycles. The summed E-state index contributed by atoms with van der Waals surface area (Å²) in [5, 5.41) is 11.1. The van der Waals surface area contributed by atoms with Crippen molar-refractivity contribution in [2.75, 3.05) is 6.61 Å². The predicted molar refractivity (Wildman–Crippen MR) is 148 cm³/mol. The van der Waals surface area contributed by atoms with Crippen molar-refractivity contribution in [2.45, 2.75) is 19.9 Å². The summed E-state index contributed by atoms with van der Waals surface area (Å²) in [5.74, 6) is 0.132. The monoisotopic (exact) mass is 583 g/mol. The van der Waals surface area contributed by atoms with E-state index in [2.05, 4.69) is 4.99 Å². The van der Waals surface area contributed by atoms with Gasteiger partial charge in [0, 0.05) is 17.7 Å². The molecule has 0 spiro atoms. The van der Waals surface area contributed by atoms with E-state index in [-0.39, 0.29) is 27.9 Å². The molecule has 1 atom stereocenters. The summed E-state index contributed by atoms with van der Waals surface area (Å²) < 4.78 is 13.0. The van der Waals surface area contributed by atoms with Gasteiger partial charge in [0.05, 0.1) is 38.4 Å². The molecule has 9 nitrogen and oxygen atoms in total. The Morgan fingerprint density at radius 2 is 1.95 bits per heavy atom. The highest BCUT2D eigenvalue weighted by molar-refractivity contribution is 7.07. The molecule has 198 valence electrons. The van der Waals surface area contributed by atoms with Crippen molar-refractivity contribution in [2.24, 2.45) is 4.99 Å². The summed E-state index contributed by atoms with van der Waals surface area (Å²) in [6, 6.07) is 14.3. The quantitative estimate of drug-likeness (QED) is 0.173. The minimum absolute atomic E-state index is 0.0839. The van der Waals surface area contributed by atoms with Crippen molar-refractivity contribution in [3.05, 3.63) is 117 Å². The molecule has 0 fully saturated rings. The molecule has 0 N–H and O–H groups in total. The highest BCUT2D eigenvalue weighted by Crippen LogP contribution is 2.37. The van der Waals surface area contributed by atoms with E-state index in [1.165, 1.54) is 10.6 Å². The number of carbonyl (C=O) groups is 1. The minimum Gasteiger partial charge on any atom is -0.463 e. The number of esters is 1. The molecule has 0 radical (unpaired) electrons. The van der Waals surface area contributed by atoms with Gasteiger partial charge in [0.1, 0.15) is 16.5 Å². The first-order valence-corrected chi connectivity index (χ1v) is 13.2. The van der Waals surface area contributed by atoms with Crippen molar-refractivity contribution in [1.82, 2.24) is 4.57 Å². The lowest BCUT2D eigenvalue weighted by atomic mass is 9.96. The number of thiazole rings is 1. The first-order valence-electron chi connectivity index (χ1n) is 11.7. The van der Waals surface area contributed by atoms with Gasteiger partial charge in [-0.3, -0.25) is 19.5 Å². The number of aromatic nitrogens is 1. The van der Waals surface area contributed by atoms with Gasteiger partial charge in [-0.15, -0.1) is 0 Å². The number of nitro groups is 1. The Labute approximate surface area is 235 Å². The number of nitro benzene ring substituents is 1. The van der Waals surface area contributed by atoms with Crippen LogP contribution in [0.1, 0.15) is 31.2 Å². The summed E-state index contributed by atoms with van der Waals surface area (Å²) in [7, 11) is 0. The SMILES string of the molecule is CCOC(=O)C1=C(C)N=c2s/c(=C/c3ccc(-c4cc(Cl)c([N+](=O)[O-])cc4Cl)o3)c(=O)n2C1c1ccccc1. The smallest absolute Gasteiger partial charge is 0.338 e. The number of furan rings is 1.